The lowest BCUT2D eigenvalue weighted by atomic mass is 10.1. The first-order valence-electron chi connectivity index (χ1n) is 10.1. The second-order valence-electron chi connectivity index (χ2n) is 7.26. The zero-order valence-corrected chi connectivity index (χ0v) is 17.5. The van der Waals surface area contributed by atoms with Gasteiger partial charge in [-0.2, -0.15) is 0 Å². The monoisotopic (exact) mass is 418 g/mol. The first kappa shape index (κ1) is 21.9. The molecule has 6 nitrogen and oxygen atoms in total. The van der Waals surface area contributed by atoms with Gasteiger partial charge in [0, 0.05) is 24.8 Å². The number of nitrogens with zero attached hydrogens (tertiary/aromatic N) is 1. The second-order valence-corrected chi connectivity index (χ2v) is 7.26. The summed E-state index contributed by atoms with van der Waals surface area (Å²) in [5.74, 6) is 0.600. The minimum Gasteiger partial charge on any atom is -0.489 e. The summed E-state index contributed by atoms with van der Waals surface area (Å²) in [5, 5.41) is 11.8. The fourth-order valence-electron chi connectivity index (χ4n) is 3.11. The lowest BCUT2D eigenvalue weighted by Crippen LogP contribution is -2.25. The van der Waals surface area contributed by atoms with E-state index >= 15 is 0 Å². The molecular weight excluding hydrogens is 392 g/mol. The van der Waals surface area contributed by atoms with Gasteiger partial charge < -0.3 is 20.1 Å². The molecule has 6 heteroatoms. The minimum absolute atomic E-state index is 0.153. The van der Waals surface area contributed by atoms with Crippen LogP contribution in [0.15, 0.2) is 78.9 Å². The lowest BCUT2D eigenvalue weighted by molar-refractivity contribution is 0.102. The molecule has 0 aromatic heterocycles. The molecule has 0 aliphatic heterocycles. The summed E-state index contributed by atoms with van der Waals surface area (Å²) in [7, 11) is 1.57. The molecule has 0 heterocycles. The molecule has 3 aromatic carbocycles. The van der Waals surface area contributed by atoms with Crippen molar-refractivity contribution in [3.8, 4) is 5.75 Å². The standard InChI is InChI=1S/C25H26N2O4/c1-27(25(29)30)15-7-10-19-8-6-14-23(17-19)31-18-20-9-5-13-22(16-20)26-24(28)21-11-3-2-4-12-21/h2-6,8-9,11-14,16-17H,7,10,15,18H2,1H3,(H,26,28)(H,29,30). The molecule has 0 fully saturated rings. The van der Waals surface area contributed by atoms with Crippen LogP contribution in [-0.4, -0.2) is 35.6 Å². The van der Waals surface area contributed by atoms with Crippen LogP contribution < -0.4 is 10.1 Å². The summed E-state index contributed by atoms with van der Waals surface area (Å²) in [4.78, 5) is 24.5. The van der Waals surface area contributed by atoms with Crippen LogP contribution in [0.5, 0.6) is 5.75 Å². The fourth-order valence-corrected chi connectivity index (χ4v) is 3.11. The summed E-state index contributed by atoms with van der Waals surface area (Å²) < 4.78 is 5.93. The number of hydrogen-bond donors (Lipinski definition) is 2. The van der Waals surface area contributed by atoms with E-state index in [4.69, 9.17) is 9.84 Å². The van der Waals surface area contributed by atoms with Gasteiger partial charge in [0.1, 0.15) is 12.4 Å². The van der Waals surface area contributed by atoms with Crippen LogP contribution in [0.2, 0.25) is 0 Å². The van der Waals surface area contributed by atoms with Gasteiger partial charge in [0.05, 0.1) is 0 Å². The summed E-state index contributed by atoms with van der Waals surface area (Å²) in [6.45, 7) is 0.863. The maximum absolute atomic E-state index is 12.3. The molecule has 0 saturated heterocycles. The van der Waals surface area contributed by atoms with Crippen LogP contribution in [0, 0.1) is 0 Å². The van der Waals surface area contributed by atoms with Crippen LogP contribution in [0.1, 0.15) is 27.9 Å². The zero-order chi connectivity index (χ0) is 22.1. The smallest absolute Gasteiger partial charge is 0.407 e. The fraction of sp³-hybridized carbons (Fsp3) is 0.200. The van der Waals surface area contributed by atoms with E-state index in [9.17, 15) is 9.59 Å². The topological polar surface area (TPSA) is 78.9 Å². The number of carbonyl (C=O) groups is 2. The van der Waals surface area contributed by atoms with Gasteiger partial charge in [-0.15, -0.1) is 0 Å². The Kier molecular flexibility index (Phi) is 7.65. The molecule has 0 bridgehead atoms. The van der Waals surface area contributed by atoms with Gasteiger partial charge in [-0.05, 0) is 60.4 Å². The van der Waals surface area contributed by atoms with E-state index in [1.54, 1.807) is 19.2 Å². The molecule has 2 N–H and O–H groups in total. The molecule has 2 amide bonds. The SMILES string of the molecule is CN(CCCc1cccc(OCc2cccc(NC(=O)c3ccccc3)c2)c1)C(=O)O. The summed E-state index contributed by atoms with van der Waals surface area (Å²) in [6, 6.07) is 24.5. The molecule has 0 unspecified atom stereocenters. The highest BCUT2D eigenvalue weighted by Gasteiger charge is 2.07. The Labute approximate surface area is 182 Å². The molecule has 3 rings (SSSR count). The van der Waals surface area contributed by atoms with E-state index in [0.717, 1.165) is 29.7 Å². The quantitative estimate of drug-likeness (QED) is 0.509. The maximum Gasteiger partial charge on any atom is 0.407 e. The van der Waals surface area contributed by atoms with Crippen molar-refractivity contribution in [2.75, 3.05) is 18.9 Å². The van der Waals surface area contributed by atoms with Crippen LogP contribution >= 0.6 is 0 Å². The van der Waals surface area contributed by atoms with Crippen LogP contribution in [-0.2, 0) is 13.0 Å². The summed E-state index contributed by atoms with van der Waals surface area (Å²) in [6.07, 6.45) is 0.602. The summed E-state index contributed by atoms with van der Waals surface area (Å²) >= 11 is 0. The lowest BCUT2D eigenvalue weighted by Gasteiger charge is -2.13. The first-order valence-corrected chi connectivity index (χ1v) is 10.1. The number of rotatable bonds is 9. The normalized spacial score (nSPS) is 10.4. The van der Waals surface area contributed by atoms with Gasteiger partial charge in [0.2, 0.25) is 0 Å². The number of nitrogens with one attached hydrogen (secondary N) is 1. The molecule has 0 saturated carbocycles. The Balaban J connectivity index is 1.53. The molecule has 160 valence electrons. The zero-order valence-electron chi connectivity index (χ0n) is 17.5. The Hall–Kier alpha value is -3.80. The van der Waals surface area contributed by atoms with E-state index in [1.807, 2.05) is 66.7 Å². The number of carboxylic acid groups (broad SMARTS) is 1. The van der Waals surface area contributed by atoms with Crippen molar-refractivity contribution in [2.24, 2.45) is 0 Å². The Morgan fingerprint density at radius 1 is 0.935 bits per heavy atom. The third-order valence-corrected chi connectivity index (χ3v) is 4.81. The molecule has 0 radical (unpaired) electrons. The Bertz CT molecular complexity index is 1020. The third-order valence-electron chi connectivity index (χ3n) is 4.81. The van der Waals surface area contributed by atoms with Crippen molar-refractivity contribution in [2.45, 2.75) is 19.4 Å². The Morgan fingerprint density at radius 3 is 2.45 bits per heavy atom. The average molecular weight is 418 g/mol. The van der Waals surface area contributed by atoms with E-state index in [2.05, 4.69) is 5.32 Å². The van der Waals surface area contributed by atoms with Gasteiger partial charge in [-0.3, -0.25) is 4.79 Å². The number of carbonyl (C=O) groups excluding carboxylic acids is 1. The van der Waals surface area contributed by atoms with E-state index in [1.165, 1.54) is 4.90 Å². The number of aryl methyl sites for hydroxylation is 1. The third kappa shape index (κ3) is 6.89. The highest BCUT2D eigenvalue weighted by atomic mass is 16.5. The average Bonchev–Trinajstić information content (AvgIpc) is 2.78. The van der Waals surface area contributed by atoms with Crippen LogP contribution in [0.25, 0.3) is 0 Å². The highest BCUT2D eigenvalue weighted by molar-refractivity contribution is 6.04. The van der Waals surface area contributed by atoms with Crippen LogP contribution in [0.3, 0.4) is 0 Å². The van der Waals surface area contributed by atoms with Gasteiger partial charge in [0.25, 0.3) is 5.91 Å². The van der Waals surface area contributed by atoms with Crippen molar-refractivity contribution in [1.29, 1.82) is 0 Å². The van der Waals surface area contributed by atoms with E-state index < -0.39 is 6.09 Å². The van der Waals surface area contributed by atoms with Crippen molar-refractivity contribution in [1.82, 2.24) is 4.90 Å². The molecule has 31 heavy (non-hydrogen) atoms. The van der Waals surface area contributed by atoms with Crippen molar-refractivity contribution in [3.05, 3.63) is 95.6 Å². The predicted molar refractivity (Wildman–Crippen MR) is 121 cm³/mol. The number of benzene rings is 3. The molecule has 0 spiro atoms. The predicted octanol–water partition coefficient (Wildman–Crippen LogP) is 5.06. The largest absolute Gasteiger partial charge is 0.489 e. The minimum atomic E-state index is -0.917. The van der Waals surface area contributed by atoms with E-state index in [0.29, 0.717) is 24.4 Å². The van der Waals surface area contributed by atoms with Gasteiger partial charge in [0.15, 0.2) is 0 Å². The van der Waals surface area contributed by atoms with E-state index in [-0.39, 0.29) is 5.91 Å². The second kappa shape index (κ2) is 10.8. The van der Waals surface area contributed by atoms with Gasteiger partial charge in [-0.25, -0.2) is 4.79 Å². The number of ether oxygens (including phenoxy) is 1. The number of anilines is 1. The molecule has 0 atom stereocenters. The van der Waals surface area contributed by atoms with Crippen molar-refractivity contribution >= 4 is 17.7 Å². The molecular formula is C25H26N2O4. The summed E-state index contributed by atoms with van der Waals surface area (Å²) in [5.41, 5.74) is 3.36. The number of hydrogen-bond acceptors (Lipinski definition) is 3. The first-order chi connectivity index (χ1) is 15.0. The van der Waals surface area contributed by atoms with Gasteiger partial charge in [-0.1, -0.05) is 42.5 Å². The van der Waals surface area contributed by atoms with Crippen molar-refractivity contribution < 1.29 is 19.4 Å². The molecule has 0 aliphatic carbocycles. The van der Waals surface area contributed by atoms with Gasteiger partial charge >= 0.3 is 6.09 Å². The van der Waals surface area contributed by atoms with Crippen molar-refractivity contribution in [3.63, 3.8) is 0 Å². The number of amides is 2. The molecule has 3 aromatic rings. The molecule has 0 aliphatic rings. The Morgan fingerprint density at radius 2 is 1.68 bits per heavy atom. The van der Waals surface area contributed by atoms with Crippen LogP contribution in [0.4, 0.5) is 10.5 Å². The highest BCUT2D eigenvalue weighted by Crippen LogP contribution is 2.18. The maximum atomic E-state index is 12.3.